The fourth-order valence-corrected chi connectivity index (χ4v) is 3.11. The fraction of sp³-hybridized carbons (Fsp3) is 0.588. The Kier molecular flexibility index (Phi) is 5.15. The molecule has 0 heterocycles. The van der Waals surface area contributed by atoms with Crippen LogP contribution in [-0.4, -0.2) is 18.5 Å². The van der Waals surface area contributed by atoms with Crippen molar-refractivity contribution in [1.29, 1.82) is 0 Å². The summed E-state index contributed by atoms with van der Waals surface area (Å²) in [6, 6.07) is 5.71. The standard InChI is InChI=1S/C17H25ClN2O/c1-4-9-19-15-6-5-12(18)10-14(15)16(21)20-13-7-8-17(2,3)11-13/h5-6,10,13,19H,4,7-9,11H2,1-3H3,(H,20,21). The van der Waals surface area contributed by atoms with Crippen LogP contribution in [0.15, 0.2) is 18.2 Å². The van der Waals surface area contributed by atoms with Gasteiger partial charge in [0.15, 0.2) is 0 Å². The first-order valence-electron chi connectivity index (χ1n) is 7.75. The molecule has 2 N–H and O–H groups in total. The predicted molar refractivity (Wildman–Crippen MR) is 89.1 cm³/mol. The number of amides is 1. The Morgan fingerprint density at radius 1 is 1.43 bits per heavy atom. The number of nitrogens with one attached hydrogen (secondary N) is 2. The van der Waals surface area contributed by atoms with E-state index in [1.54, 1.807) is 6.07 Å². The maximum atomic E-state index is 12.5. The molecular weight excluding hydrogens is 284 g/mol. The van der Waals surface area contributed by atoms with Crippen molar-refractivity contribution in [3.63, 3.8) is 0 Å². The second-order valence-electron chi connectivity index (χ2n) is 6.69. The van der Waals surface area contributed by atoms with Crippen LogP contribution in [0, 0.1) is 5.41 Å². The van der Waals surface area contributed by atoms with Gasteiger partial charge in [-0.1, -0.05) is 32.4 Å². The van der Waals surface area contributed by atoms with E-state index >= 15 is 0 Å². The molecule has 1 fully saturated rings. The average Bonchev–Trinajstić information content (AvgIpc) is 2.76. The van der Waals surface area contributed by atoms with Crippen LogP contribution in [0.5, 0.6) is 0 Å². The number of halogens is 1. The second-order valence-corrected chi connectivity index (χ2v) is 7.13. The van der Waals surface area contributed by atoms with Crippen molar-refractivity contribution in [3.8, 4) is 0 Å². The molecule has 1 aliphatic carbocycles. The lowest BCUT2D eigenvalue weighted by Gasteiger charge is -2.19. The number of hydrogen-bond acceptors (Lipinski definition) is 2. The van der Waals surface area contributed by atoms with E-state index in [1.165, 1.54) is 0 Å². The maximum absolute atomic E-state index is 12.5. The van der Waals surface area contributed by atoms with Crippen molar-refractivity contribution < 1.29 is 4.79 Å². The van der Waals surface area contributed by atoms with E-state index in [0.717, 1.165) is 37.9 Å². The zero-order valence-electron chi connectivity index (χ0n) is 13.1. The van der Waals surface area contributed by atoms with E-state index in [9.17, 15) is 4.79 Å². The molecule has 0 radical (unpaired) electrons. The molecule has 1 aromatic rings. The molecule has 1 saturated carbocycles. The number of hydrogen-bond donors (Lipinski definition) is 2. The summed E-state index contributed by atoms with van der Waals surface area (Å²) in [5.41, 5.74) is 1.83. The molecule has 116 valence electrons. The first kappa shape index (κ1) is 16.2. The molecule has 3 nitrogen and oxygen atoms in total. The van der Waals surface area contributed by atoms with Crippen LogP contribution in [0.1, 0.15) is 56.8 Å². The van der Waals surface area contributed by atoms with Gasteiger partial charge in [0.05, 0.1) is 5.56 Å². The Bertz CT molecular complexity index is 514. The lowest BCUT2D eigenvalue weighted by Crippen LogP contribution is -2.34. The molecule has 0 bridgehead atoms. The number of rotatable bonds is 5. The van der Waals surface area contributed by atoms with Gasteiger partial charge in [-0.15, -0.1) is 0 Å². The molecule has 1 aromatic carbocycles. The molecule has 0 spiro atoms. The summed E-state index contributed by atoms with van der Waals surface area (Å²) in [5, 5.41) is 7.04. The highest BCUT2D eigenvalue weighted by atomic mass is 35.5. The Morgan fingerprint density at radius 3 is 2.81 bits per heavy atom. The third-order valence-corrected chi connectivity index (χ3v) is 4.33. The molecule has 0 aliphatic heterocycles. The van der Waals surface area contributed by atoms with Crippen LogP contribution in [0.2, 0.25) is 5.02 Å². The Hall–Kier alpha value is -1.22. The minimum absolute atomic E-state index is 0.0289. The van der Waals surface area contributed by atoms with Gasteiger partial charge in [-0.25, -0.2) is 0 Å². The highest BCUT2D eigenvalue weighted by Crippen LogP contribution is 2.37. The molecule has 1 atom stereocenters. The van der Waals surface area contributed by atoms with E-state index in [1.807, 2.05) is 12.1 Å². The van der Waals surface area contributed by atoms with Gasteiger partial charge in [0.1, 0.15) is 0 Å². The molecule has 0 saturated heterocycles. The lowest BCUT2D eigenvalue weighted by molar-refractivity contribution is 0.0937. The number of carbonyl (C=O) groups is 1. The van der Waals surface area contributed by atoms with Gasteiger partial charge in [0, 0.05) is 23.3 Å². The fourth-order valence-electron chi connectivity index (χ4n) is 2.94. The first-order chi connectivity index (χ1) is 9.91. The van der Waals surface area contributed by atoms with Crippen molar-refractivity contribution >= 4 is 23.2 Å². The van der Waals surface area contributed by atoms with E-state index in [-0.39, 0.29) is 11.9 Å². The quantitative estimate of drug-likeness (QED) is 0.842. The predicted octanol–water partition coefficient (Wildman–Crippen LogP) is 4.47. The summed E-state index contributed by atoms with van der Waals surface area (Å²) in [5.74, 6) is -0.0289. The van der Waals surface area contributed by atoms with Crippen LogP contribution >= 0.6 is 11.6 Å². The first-order valence-corrected chi connectivity index (χ1v) is 8.13. The van der Waals surface area contributed by atoms with Crippen LogP contribution in [-0.2, 0) is 0 Å². The van der Waals surface area contributed by atoms with Gasteiger partial charge in [-0.3, -0.25) is 4.79 Å². The van der Waals surface area contributed by atoms with Crippen LogP contribution < -0.4 is 10.6 Å². The lowest BCUT2D eigenvalue weighted by atomic mass is 9.92. The van der Waals surface area contributed by atoms with E-state index in [0.29, 0.717) is 16.0 Å². The summed E-state index contributed by atoms with van der Waals surface area (Å²) < 4.78 is 0. The Morgan fingerprint density at radius 2 is 2.19 bits per heavy atom. The van der Waals surface area contributed by atoms with Gasteiger partial charge in [0.2, 0.25) is 0 Å². The van der Waals surface area contributed by atoms with Crippen LogP contribution in [0.3, 0.4) is 0 Å². The minimum atomic E-state index is -0.0289. The van der Waals surface area contributed by atoms with Crippen molar-refractivity contribution in [2.24, 2.45) is 5.41 Å². The summed E-state index contributed by atoms with van der Waals surface area (Å²) in [7, 11) is 0. The van der Waals surface area contributed by atoms with E-state index in [4.69, 9.17) is 11.6 Å². The number of benzene rings is 1. The highest BCUT2D eigenvalue weighted by Gasteiger charge is 2.32. The molecule has 1 unspecified atom stereocenters. The average molecular weight is 309 g/mol. The molecule has 1 amide bonds. The Balaban J connectivity index is 2.09. The number of carbonyl (C=O) groups excluding carboxylic acids is 1. The van der Waals surface area contributed by atoms with Crippen molar-refractivity contribution in [2.45, 2.75) is 52.5 Å². The van der Waals surface area contributed by atoms with Crippen LogP contribution in [0.4, 0.5) is 5.69 Å². The van der Waals surface area contributed by atoms with Gasteiger partial charge >= 0.3 is 0 Å². The van der Waals surface area contributed by atoms with E-state index < -0.39 is 0 Å². The van der Waals surface area contributed by atoms with Gasteiger partial charge < -0.3 is 10.6 Å². The van der Waals surface area contributed by atoms with Crippen molar-refractivity contribution in [1.82, 2.24) is 5.32 Å². The monoisotopic (exact) mass is 308 g/mol. The molecule has 0 aromatic heterocycles. The van der Waals surface area contributed by atoms with Gasteiger partial charge in [-0.2, -0.15) is 0 Å². The summed E-state index contributed by atoms with van der Waals surface area (Å²) in [6.07, 6.45) is 4.27. The van der Waals surface area contributed by atoms with Crippen LogP contribution in [0.25, 0.3) is 0 Å². The second kappa shape index (κ2) is 6.69. The molecule has 1 aliphatic rings. The summed E-state index contributed by atoms with van der Waals surface area (Å²) in [4.78, 5) is 12.5. The largest absolute Gasteiger partial charge is 0.384 e. The van der Waals surface area contributed by atoms with Crippen molar-refractivity contribution in [3.05, 3.63) is 28.8 Å². The molecular formula is C17H25ClN2O. The third kappa shape index (κ3) is 4.37. The smallest absolute Gasteiger partial charge is 0.253 e. The topological polar surface area (TPSA) is 41.1 Å². The van der Waals surface area contributed by atoms with Gasteiger partial charge in [0.25, 0.3) is 5.91 Å². The summed E-state index contributed by atoms with van der Waals surface area (Å²) in [6.45, 7) is 7.46. The minimum Gasteiger partial charge on any atom is -0.384 e. The molecule has 4 heteroatoms. The third-order valence-electron chi connectivity index (χ3n) is 4.10. The van der Waals surface area contributed by atoms with Crippen molar-refractivity contribution in [2.75, 3.05) is 11.9 Å². The zero-order chi connectivity index (χ0) is 15.5. The SMILES string of the molecule is CCCNc1ccc(Cl)cc1C(=O)NC1CCC(C)(C)C1. The number of anilines is 1. The molecule has 21 heavy (non-hydrogen) atoms. The Labute approximate surface area is 132 Å². The van der Waals surface area contributed by atoms with Gasteiger partial charge in [-0.05, 0) is 49.3 Å². The molecule has 2 rings (SSSR count). The zero-order valence-corrected chi connectivity index (χ0v) is 13.9. The highest BCUT2D eigenvalue weighted by molar-refractivity contribution is 6.31. The summed E-state index contributed by atoms with van der Waals surface area (Å²) >= 11 is 6.05. The maximum Gasteiger partial charge on any atom is 0.253 e. The normalized spacial score (nSPS) is 20.3. The van der Waals surface area contributed by atoms with E-state index in [2.05, 4.69) is 31.4 Å².